The summed E-state index contributed by atoms with van der Waals surface area (Å²) in [5, 5.41) is 9.30. The van der Waals surface area contributed by atoms with Gasteiger partial charge in [0.2, 0.25) is 0 Å². The Hall–Kier alpha value is -6.37. The van der Waals surface area contributed by atoms with Crippen LogP contribution < -0.4 is 9.80 Å². The lowest BCUT2D eigenvalue weighted by molar-refractivity contribution is 1.21. The van der Waals surface area contributed by atoms with Crippen LogP contribution in [0.4, 0.5) is 28.4 Å². The molecular weight excluding hydrogens is 571 g/mol. The topological polar surface area (TPSA) is 30.3 Å². The molecule has 0 aliphatic heterocycles. The Morgan fingerprint density at radius 3 is 1.11 bits per heavy atom. The second-order valence-electron chi connectivity index (χ2n) is 11.5. The zero-order valence-electron chi connectivity index (χ0n) is 26.2. The molecule has 7 rings (SSSR count). The SMILES string of the molecule is CN(c1ccc(-c2ccc(N(c3ccc(-c4ccccc4)cc3)c3ccc(-c4ccccc4)cc3)cc2)cc1)c1cccc(C#N)c1. The molecule has 0 bridgehead atoms. The van der Waals surface area contributed by atoms with Gasteiger partial charge in [0, 0.05) is 35.5 Å². The minimum absolute atomic E-state index is 0.652. The first kappa shape index (κ1) is 29.3. The molecule has 0 unspecified atom stereocenters. The zero-order valence-corrected chi connectivity index (χ0v) is 26.2. The highest BCUT2D eigenvalue weighted by Crippen LogP contribution is 2.38. The smallest absolute Gasteiger partial charge is 0.0992 e. The molecule has 0 saturated carbocycles. The number of nitrogens with zero attached hydrogens (tertiary/aromatic N) is 3. The van der Waals surface area contributed by atoms with E-state index >= 15 is 0 Å². The first-order valence-corrected chi connectivity index (χ1v) is 15.7. The third-order valence-corrected chi connectivity index (χ3v) is 8.54. The van der Waals surface area contributed by atoms with Crippen LogP contribution in [0.25, 0.3) is 33.4 Å². The van der Waals surface area contributed by atoms with Gasteiger partial charge in [-0.05, 0) is 100 Å². The van der Waals surface area contributed by atoms with Crippen LogP contribution in [0.3, 0.4) is 0 Å². The van der Waals surface area contributed by atoms with E-state index in [1.807, 2.05) is 43.4 Å². The maximum atomic E-state index is 9.30. The van der Waals surface area contributed by atoms with Crippen LogP contribution in [0, 0.1) is 11.3 Å². The lowest BCUT2D eigenvalue weighted by Crippen LogP contribution is -2.10. The summed E-state index contributed by atoms with van der Waals surface area (Å²) in [6.07, 6.45) is 0. The molecule has 3 heteroatoms. The fraction of sp³-hybridized carbons (Fsp3) is 0.0227. The Bertz CT molecular complexity index is 2030. The number of anilines is 5. The van der Waals surface area contributed by atoms with Gasteiger partial charge in [-0.25, -0.2) is 0 Å². The van der Waals surface area contributed by atoms with Crippen LogP contribution in [-0.2, 0) is 0 Å². The number of hydrogen-bond donors (Lipinski definition) is 0. The Labute approximate surface area is 276 Å². The van der Waals surface area contributed by atoms with Crippen molar-refractivity contribution < 1.29 is 0 Å². The Kier molecular flexibility index (Phi) is 8.32. The maximum absolute atomic E-state index is 9.30. The highest BCUT2D eigenvalue weighted by molar-refractivity contribution is 5.81. The van der Waals surface area contributed by atoms with E-state index in [0.29, 0.717) is 5.56 Å². The van der Waals surface area contributed by atoms with Crippen molar-refractivity contribution in [3.05, 3.63) is 188 Å². The average molecular weight is 604 g/mol. The van der Waals surface area contributed by atoms with Crippen molar-refractivity contribution >= 4 is 28.4 Å². The summed E-state index contributed by atoms with van der Waals surface area (Å²) in [7, 11) is 2.02. The zero-order chi connectivity index (χ0) is 32.0. The van der Waals surface area contributed by atoms with E-state index in [0.717, 1.165) is 39.6 Å². The third-order valence-electron chi connectivity index (χ3n) is 8.54. The van der Waals surface area contributed by atoms with Gasteiger partial charge >= 0.3 is 0 Å². The molecule has 0 spiro atoms. The highest BCUT2D eigenvalue weighted by atomic mass is 15.1. The molecule has 0 aliphatic rings. The molecule has 7 aromatic rings. The quantitative estimate of drug-likeness (QED) is 0.173. The van der Waals surface area contributed by atoms with E-state index in [9.17, 15) is 5.26 Å². The lowest BCUT2D eigenvalue weighted by Gasteiger charge is -2.26. The molecular formula is C44H33N3. The number of hydrogen-bond acceptors (Lipinski definition) is 3. The molecule has 224 valence electrons. The monoisotopic (exact) mass is 603 g/mol. The van der Waals surface area contributed by atoms with Gasteiger partial charge in [0.25, 0.3) is 0 Å². The van der Waals surface area contributed by atoms with Gasteiger partial charge in [0.15, 0.2) is 0 Å². The summed E-state index contributed by atoms with van der Waals surface area (Å²) in [6.45, 7) is 0. The molecule has 7 aromatic carbocycles. The van der Waals surface area contributed by atoms with Crippen molar-refractivity contribution in [3.8, 4) is 39.4 Å². The predicted molar refractivity (Wildman–Crippen MR) is 197 cm³/mol. The molecule has 0 heterocycles. The van der Waals surface area contributed by atoms with Crippen molar-refractivity contribution in [1.29, 1.82) is 5.26 Å². The minimum atomic E-state index is 0.652. The van der Waals surface area contributed by atoms with E-state index in [1.54, 1.807) is 0 Å². The van der Waals surface area contributed by atoms with Gasteiger partial charge in [-0.1, -0.05) is 115 Å². The summed E-state index contributed by atoms with van der Waals surface area (Å²) < 4.78 is 0. The number of rotatable bonds is 8. The van der Waals surface area contributed by atoms with Crippen molar-refractivity contribution in [2.45, 2.75) is 0 Å². The summed E-state index contributed by atoms with van der Waals surface area (Å²) in [6, 6.07) is 65.7. The van der Waals surface area contributed by atoms with E-state index in [4.69, 9.17) is 0 Å². The van der Waals surface area contributed by atoms with E-state index < -0.39 is 0 Å². The van der Waals surface area contributed by atoms with Crippen LogP contribution in [0.1, 0.15) is 5.56 Å². The predicted octanol–water partition coefficient (Wildman–Crippen LogP) is 11.8. The Morgan fingerprint density at radius 2 is 0.723 bits per heavy atom. The summed E-state index contributed by atoms with van der Waals surface area (Å²) in [4.78, 5) is 4.40. The van der Waals surface area contributed by atoms with Crippen LogP contribution in [0.15, 0.2) is 182 Å². The van der Waals surface area contributed by atoms with Gasteiger partial charge in [-0.2, -0.15) is 5.26 Å². The van der Waals surface area contributed by atoms with Gasteiger partial charge in [0.05, 0.1) is 11.6 Å². The fourth-order valence-electron chi connectivity index (χ4n) is 5.93. The molecule has 0 amide bonds. The van der Waals surface area contributed by atoms with Crippen molar-refractivity contribution in [2.75, 3.05) is 16.8 Å². The van der Waals surface area contributed by atoms with Crippen molar-refractivity contribution in [1.82, 2.24) is 0 Å². The normalized spacial score (nSPS) is 10.6. The Morgan fingerprint density at radius 1 is 0.362 bits per heavy atom. The standard InChI is InChI=1S/C44H33N3/c1-46(44-14-8-9-33(31-44)32-45)40-23-15-38(16-24-40)39-21-29-43(30-22-39)47(41-25-17-36(18-26-41)34-10-4-2-5-11-34)42-27-19-37(20-28-42)35-12-6-3-7-13-35/h2-31H,1H3. The second kappa shape index (κ2) is 13.3. The average Bonchev–Trinajstić information content (AvgIpc) is 3.16. The summed E-state index contributed by atoms with van der Waals surface area (Å²) in [5.74, 6) is 0. The molecule has 47 heavy (non-hydrogen) atoms. The first-order valence-electron chi connectivity index (χ1n) is 15.7. The molecule has 0 radical (unpaired) electrons. The van der Waals surface area contributed by atoms with Crippen molar-refractivity contribution in [2.24, 2.45) is 0 Å². The molecule has 0 N–H and O–H groups in total. The first-order chi connectivity index (χ1) is 23.2. The fourth-order valence-corrected chi connectivity index (χ4v) is 5.93. The summed E-state index contributed by atoms with van der Waals surface area (Å²) >= 11 is 0. The number of benzene rings is 7. The maximum Gasteiger partial charge on any atom is 0.0992 e. The second-order valence-corrected chi connectivity index (χ2v) is 11.5. The van der Waals surface area contributed by atoms with Crippen LogP contribution in [0.5, 0.6) is 0 Å². The molecule has 0 saturated heterocycles. The summed E-state index contributed by atoms with van der Waals surface area (Å²) in [5.41, 5.74) is 13.0. The highest BCUT2D eigenvalue weighted by Gasteiger charge is 2.14. The van der Waals surface area contributed by atoms with Crippen LogP contribution in [-0.4, -0.2) is 7.05 Å². The van der Waals surface area contributed by atoms with E-state index in [1.165, 1.54) is 22.3 Å². The Balaban J connectivity index is 1.18. The largest absolute Gasteiger partial charge is 0.345 e. The van der Waals surface area contributed by atoms with Gasteiger partial charge in [0.1, 0.15) is 0 Å². The minimum Gasteiger partial charge on any atom is -0.345 e. The molecule has 3 nitrogen and oxygen atoms in total. The molecule has 0 atom stereocenters. The van der Waals surface area contributed by atoms with E-state index in [-0.39, 0.29) is 0 Å². The van der Waals surface area contributed by atoms with E-state index in [2.05, 4.69) is 161 Å². The lowest BCUT2D eigenvalue weighted by atomic mass is 10.0. The third kappa shape index (κ3) is 6.40. The molecule has 0 aliphatic carbocycles. The van der Waals surface area contributed by atoms with Gasteiger partial charge in [-0.15, -0.1) is 0 Å². The molecule has 0 aromatic heterocycles. The van der Waals surface area contributed by atoms with Gasteiger partial charge in [-0.3, -0.25) is 0 Å². The van der Waals surface area contributed by atoms with Crippen molar-refractivity contribution in [3.63, 3.8) is 0 Å². The van der Waals surface area contributed by atoms with Gasteiger partial charge < -0.3 is 9.80 Å². The number of nitriles is 1. The van der Waals surface area contributed by atoms with Crippen LogP contribution >= 0.6 is 0 Å². The molecule has 0 fully saturated rings. The van der Waals surface area contributed by atoms with Crippen LogP contribution in [0.2, 0.25) is 0 Å².